The standard InChI is InChI=1S/C17H19N2O5P/c20-25(21)24-16-9-15(23-17-6-7-18-12-19-17)8-14(16)11-22-10-13-4-2-1-3-5-13/h1-7,12,14-16H,8-11H2/p+1/t14-,15-,16+/m1/s1. The fourth-order valence-corrected chi connectivity index (χ4v) is 3.47. The third-order valence-electron chi connectivity index (χ3n) is 4.10. The van der Waals surface area contributed by atoms with E-state index < -0.39 is 8.25 Å². The van der Waals surface area contributed by atoms with E-state index in [9.17, 15) is 4.57 Å². The molecular formula is C17H20N2O5P+. The SMILES string of the molecule is O=[P+](O)O[C@H]1C[C@H](Oc2ccncn2)C[C@@H]1COCc1ccccc1. The number of hydrogen-bond donors (Lipinski definition) is 1. The van der Waals surface area contributed by atoms with Gasteiger partial charge in [-0.2, -0.15) is 0 Å². The monoisotopic (exact) mass is 363 g/mol. The van der Waals surface area contributed by atoms with Crippen molar-refractivity contribution < 1.29 is 23.5 Å². The van der Waals surface area contributed by atoms with Crippen LogP contribution in [0.3, 0.4) is 0 Å². The van der Waals surface area contributed by atoms with Gasteiger partial charge in [0.25, 0.3) is 0 Å². The Kier molecular flexibility index (Phi) is 6.42. The van der Waals surface area contributed by atoms with Crippen LogP contribution in [-0.2, 0) is 20.4 Å². The van der Waals surface area contributed by atoms with Crippen molar-refractivity contribution in [2.45, 2.75) is 31.7 Å². The summed E-state index contributed by atoms with van der Waals surface area (Å²) < 4.78 is 27.8. The first-order valence-corrected chi connectivity index (χ1v) is 9.21. The van der Waals surface area contributed by atoms with Crippen molar-refractivity contribution in [3.8, 4) is 5.88 Å². The Bertz CT molecular complexity index is 673. The minimum absolute atomic E-state index is 0.0124. The van der Waals surface area contributed by atoms with Crippen molar-refractivity contribution in [2.75, 3.05) is 6.61 Å². The molecule has 0 amide bonds. The summed E-state index contributed by atoms with van der Waals surface area (Å²) in [7, 11) is -2.66. The summed E-state index contributed by atoms with van der Waals surface area (Å²) in [5, 5.41) is 0. The van der Waals surface area contributed by atoms with Crippen LogP contribution in [0.25, 0.3) is 0 Å². The first-order chi connectivity index (χ1) is 12.2. The molecule has 0 radical (unpaired) electrons. The molecule has 0 bridgehead atoms. The predicted octanol–water partition coefficient (Wildman–Crippen LogP) is 2.89. The third kappa shape index (κ3) is 5.54. The molecule has 132 valence electrons. The molecule has 1 aliphatic rings. The molecule has 7 nitrogen and oxygen atoms in total. The van der Waals surface area contributed by atoms with Crippen molar-refractivity contribution in [1.29, 1.82) is 0 Å². The molecule has 1 aliphatic carbocycles. The second-order valence-electron chi connectivity index (χ2n) is 5.90. The third-order valence-corrected chi connectivity index (χ3v) is 4.55. The number of aromatic nitrogens is 2. The Morgan fingerprint density at radius 3 is 2.76 bits per heavy atom. The highest BCUT2D eigenvalue weighted by Crippen LogP contribution is 2.36. The summed E-state index contributed by atoms with van der Waals surface area (Å²) in [5.74, 6) is 0.472. The van der Waals surface area contributed by atoms with Crippen LogP contribution in [-0.4, -0.2) is 33.7 Å². The molecule has 0 spiro atoms. The van der Waals surface area contributed by atoms with Crippen LogP contribution in [0.2, 0.25) is 0 Å². The van der Waals surface area contributed by atoms with Crippen LogP contribution in [0.5, 0.6) is 5.88 Å². The van der Waals surface area contributed by atoms with E-state index in [-0.39, 0.29) is 18.1 Å². The van der Waals surface area contributed by atoms with Crippen LogP contribution < -0.4 is 4.74 Å². The number of hydrogen-bond acceptors (Lipinski definition) is 6. The number of nitrogens with zero attached hydrogens (tertiary/aromatic N) is 2. The van der Waals surface area contributed by atoms with Crippen molar-refractivity contribution in [3.63, 3.8) is 0 Å². The lowest BCUT2D eigenvalue weighted by Crippen LogP contribution is -2.20. The molecule has 0 aliphatic heterocycles. The molecule has 1 unspecified atom stereocenters. The highest BCUT2D eigenvalue weighted by Gasteiger charge is 2.41. The van der Waals surface area contributed by atoms with Gasteiger partial charge in [-0.15, -0.1) is 9.42 Å². The van der Waals surface area contributed by atoms with Gasteiger partial charge in [-0.05, 0) is 12.0 Å². The van der Waals surface area contributed by atoms with E-state index in [0.29, 0.717) is 31.9 Å². The van der Waals surface area contributed by atoms with Gasteiger partial charge in [0.15, 0.2) is 0 Å². The zero-order chi connectivity index (χ0) is 17.5. The first kappa shape index (κ1) is 17.9. The Hall–Kier alpha value is -1.92. The fraction of sp³-hybridized carbons (Fsp3) is 0.412. The average Bonchev–Trinajstić information content (AvgIpc) is 2.97. The molecule has 1 aromatic heterocycles. The van der Waals surface area contributed by atoms with Gasteiger partial charge in [-0.1, -0.05) is 30.3 Å². The molecular weight excluding hydrogens is 343 g/mol. The molecule has 25 heavy (non-hydrogen) atoms. The molecule has 1 N–H and O–H groups in total. The predicted molar refractivity (Wildman–Crippen MR) is 90.0 cm³/mol. The summed E-state index contributed by atoms with van der Waals surface area (Å²) >= 11 is 0. The average molecular weight is 363 g/mol. The van der Waals surface area contributed by atoms with Gasteiger partial charge in [-0.3, -0.25) is 0 Å². The number of rotatable bonds is 8. The van der Waals surface area contributed by atoms with E-state index in [2.05, 4.69) is 9.97 Å². The summed E-state index contributed by atoms with van der Waals surface area (Å²) in [6.45, 7) is 0.930. The van der Waals surface area contributed by atoms with Gasteiger partial charge in [0.2, 0.25) is 5.88 Å². The maximum absolute atomic E-state index is 11.1. The Morgan fingerprint density at radius 2 is 2.04 bits per heavy atom. The van der Waals surface area contributed by atoms with E-state index in [4.69, 9.17) is 18.9 Å². The fourth-order valence-electron chi connectivity index (χ4n) is 2.98. The molecule has 1 saturated carbocycles. The van der Waals surface area contributed by atoms with Crippen molar-refractivity contribution in [1.82, 2.24) is 9.97 Å². The molecule has 0 saturated heterocycles. The molecule has 1 fully saturated rings. The largest absolute Gasteiger partial charge is 0.695 e. The van der Waals surface area contributed by atoms with Gasteiger partial charge < -0.3 is 9.47 Å². The van der Waals surface area contributed by atoms with Crippen LogP contribution in [0.1, 0.15) is 18.4 Å². The second-order valence-corrected chi connectivity index (χ2v) is 6.59. The molecule has 2 aromatic rings. The highest BCUT2D eigenvalue weighted by molar-refractivity contribution is 7.32. The van der Waals surface area contributed by atoms with E-state index in [1.807, 2.05) is 30.3 Å². The smallest absolute Gasteiger partial charge is 0.474 e. The van der Waals surface area contributed by atoms with Crippen LogP contribution >= 0.6 is 8.25 Å². The molecule has 1 heterocycles. The normalized spacial score (nSPS) is 23.4. The highest BCUT2D eigenvalue weighted by atomic mass is 31.1. The van der Waals surface area contributed by atoms with Gasteiger partial charge in [0.05, 0.1) is 13.2 Å². The van der Waals surface area contributed by atoms with Gasteiger partial charge in [-0.25, -0.2) is 9.97 Å². The second kappa shape index (κ2) is 8.97. The minimum atomic E-state index is -2.66. The number of ether oxygens (including phenoxy) is 2. The van der Waals surface area contributed by atoms with Gasteiger partial charge in [0, 0.05) is 29.2 Å². The first-order valence-electron chi connectivity index (χ1n) is 8.08. The molecule has 1 aromatic carbocycles. The quantitative estimate of drug-likeness (QED) is 0.721. The van der Waals surface area contributed by atoms with E-state index >= 15 is 0 Å². The zero-order valence-electron chi connectivity index (χ0n) is 13.6. The van der Waals surface area contributed by atoms with Crippen LogP contribution in [0.15, 0.2) is 48.9 Å². The Morgan fingerprint density at radius 1 is 1.20 bits per heavy atom. The molecule has 3 rings (SSSR count). The maximum Gasteiger partial charge on any atom is 0.695 e. The minimum Gasteiger partial charge on any atom is -0.474 e. The van der Waals surface area contributed by atoms with Crippen LogP contribution in [0.4, 0.5) is 0 Å². The lowest BCUT2D eigenvalue weighted by molar-refractivity contribution is 0.0451. The van der Waals surface area contributed by atoms with Gasteiger partial charge >= 0.3 is 8.25 Å². The lowest BCUT2D eigenvalue weighted by atomic mass is 10.1. The topological polar surface area (TPSA) is 90.8 Å². The van der Waals surface area contributed by atoms with E-state index in [0.717, 1.165) is 5.56 Å². The van der Waals surface area contributed by atoms with Crippen molar-refractivity contribution >= 4 is 8.25 Å². The van der Waals surface area contributed by atoms with E-state index in [1.54, 1.807) is 12.3 Å². The maximum atomic E-state index is 11.1. The van der Waals surface area contributed by atoms with Crippen LogP contribution in [0, 0.1) is 5.92 Å². The lowest BCUT2D eigenvalue weighted by Gasteiger charge is -2.14. The van der Waals surface area contributed by atoms with E-state index in [1.165, 1.54) is 6.33 Å². The summed E-state index contributed by atoms with van der Waals surface area (Å²) in [4.78, 5) is 17.0. The Balaban J connectivity index is 1.54. The van der Waals surface area contributed by atoms with Crippen molar-refractivity contribution in [3.05, 3.63) is 54.5 Å². The van der Waals surface area contributed by atoms with Gasteiger partial charge in [0.1, 0.15) is 18.5 Å². The molecule has 4 atom stereocenters. The summed E-state index contributed by atoms with van der Waals surface area (Å²) in [5.41, 5.74) is 1.08. The number of benzene rings is 1. The van der Waals surface area contributed by atoms with Crippen molar-refractivity contribution in [2.24, 2.45) is 5.92 Å². The Labute approximate surface area is 146 Å². The molecule has 8 heteroatoms. The zero-order valence-corrected chi connectivity index (χ0v) is 14.5. The summed E-state index contributed by atoms with van der Waals surface area (Å²) in [6, 6.07) is 11.5. The summed E-state index contributed by atoms with van der Waals surface area (Å²) in [6.07, 6.45) is 3.70.